The Balaban J connectivity index is 0.00000341. The summed E-state index contributed by atoms with van der Waals surface area (Å²) in [7, 11) is 1.72. The van der Waals surface area contributed by atoms with Crippen molar-refractivity contribution >= 4 is 29.9 Å². The Morgan fingerprint density at radius 3 is 2.58 bits per heavy atom. The number of hydrogen-bond acceptors (Lipinski definition) is 3. The third-order valence-electron chi connectivity index (χ3n) is 4.63. The number of nitrogens with one attached hydrogen (secondary N) is 2. The van der Waals surface area contributed by atoms with Crippen molar-refractivity contribution in [2.24, 2.45) is 4.99 Å². The number of halogens is 2. The fraction of sp³-hybridized carbons (Fsp3) is 0.304. The predicted octanol–water partition coefficient (Wildman–Crippen LogP) is 4.02. The first-order valence-electron chi connectivity index (χ1n) is 10.0. The molecule has 1 unspecified atom stereocenters. The monoisotopic (exact) mass is 537 g/mol. The van der Waals surface area contributed by atoms with E-state index >= 15 is 0 Å². The minimum atomic E-state index is -0.278. The summed E-state index contributed by atoms with van der Waals surface area (Å²) in [6, 6.07) is 16.4. The minimum Gasteiger partial charge on any atom is -0.489 e. The summed E-state index contributed by atoms with van der Waals surface area (Å²) in [5.41, 5.74) is 1.30. The third-order valence-corrected chi connectivity index (χ3v) is 4.63. The van der Waals surface area contributed by atoms with Crippen LogP contribution >= 0.6 is 24.0 Å². The van der Waals surface area contributed by atoms with Crippen LogP contribution in [0.2, 0.25) is 0 Å². The lowest BCUT2D eigenvalue weighted by molar-refractivity contribution is 0.223. The molecule has 31 heavy (non-hydrogen) atoms. The molecule has 0 aliphatic rings. The largest absolute Gasteiger partial charge is 0.489 e. The van der Waals surface area contributed by atoms with E-state index in [2.05, 4.69) is 49.4 Å². The zero-order chi connectivity index (χ0) is 21.2. The molecule has 0 saturated heterocycles. The van der Waals surface area contributed by atoms with Gasteiger partial charge in [0.25, 0.3) is 0 Å². The van der Waals surface area contributed by atoms with E-state index in [1.54, 1.807) is 19.2 Å². The van der Waals surface area contributed by atoms with Crippen LogP contribution < -0.4 is 15.4 Å². The second-order valence-corrected chi connectivity index (χ2v) is 6.96. The van der Waals surface area contributed by atoms with Crippen molar-refractivity contribution in [3.8, 4) is 5.75 Å². The number of hydrogen-bond donors (Lipinski definition) is 2. The molecule has 0 aliphatic heterocycles. The van der Waals surface area contributed by atoms with Crippen molar-refractivity contribution in [2.45, 2.75) is 32.5 Å². The fourth-order valence-electron chi connectivity index (χ4n) is 3.02. The van der Waals surface area contributed by atoms with Gasteiger partial charge in [0.2, 0.25) is 0 Å². The van der Waals surface area contributed by atoms with Crippen LogP contribution in [-0.4, -0.2) is 35.2 Å². The lowest BCUT2D eigenvalue weighted by atomic mass is 10.1. The number of nitrogens with zero attached hydrogens (tertiary/aromatic N) is 3. The number of benzene rings is 2. The molecule has 3 rings (SSSR count). The smallest absolute Gasteiger partial charge is 0.191 e. The number of rotatable bonds is 9. The summed E-state index contributed by atoms with van der Waals surface area (Å²) >= 11 is 0. The highest BCUT2D eigenvalue weighted by molar-refractivity contribution is 14.0. The van der Waals surface area contributed by atoms with Crippen LogP contribution in [0.5, 0.6) is 5.75 Å². The van der Waals surface area contributed by atoms with Crippen LogP contribution in [0.15, 0.2) is 72.0 Å². The second kappa shape index (κ2) is 12.9. The van der Waals surface area contributed by atoms with Crippen LogP contribution in [0.4, 0.5) is 4.39 Å². The average Bonchev–Trinajstić information content (AvgIpc) is 3.22. The van der Waals surface area contributed by atoms with Crippen molar-refractivity contribution in [2.75, 3.05) is 13.6 Å². The van der Waals surface area contributed by atoms with Gasteiger partial charge in [0.1, 0.15) is 23.5 Å². The fourth-order valence-corrected chi connectivity index (χ4v) is 3.02. The van der Waals surface area contributed by atoms with Crippen LogP contribution in [0.1, 0.15) is 18.3 Å². The van der Waals surface area contributed by atoms with E-state index in [1.807, 2.05) is 25.4 Å². The van der Waals surface area contributed by atoms with Crippen molar-refractivity contribution in [3.05, 3.63) is 84.2 Å². The highest BCUT2D eigenvalue weighted by Gasteiger charge is 2.08. The van der Waals surface area contributed by atoms with Crippen LogP contribution in [0, 0.1) is 5.82 Å². The van der Waals surface area contributed by atoms with Gasteiger partial charge >= 0.3 is 0 Å². The Morgan fingerprint density at radius 2 is 1.87 bits per heavy atom. The maximum atomic E-state index is 13.0. The van der Waals surface area contributed by atoms with Gasteiger partial charge in [-0.1, -0.05) is 30.3 Å². The van der Waals surface area contributed by atoms with Crippen LogP contribution in [0.25, 0.3) is 0 Å². The third kappa shape index (κ3) is 8.20. The topological polar surface area (TPSA) is 63.5 Å². The Bertz CT molecular complexity index is 931. The molecule has 2 aromatic carbocycles. The molecular weight excluding hydrogens is 508 g/mol. The Hall–Kier alpha value is -2.62. The summed E-state index contributed by atoms with van der Waals surface area (Å²) in [6.45, 7) is 3.93. The molecule has 0 bridgehead atoms. The van der Waals surface area contributed by atoms with E-state index in [4.69, 9.17) is 4.74 Å². The van der Waals surface area contributed by atoms with Gasteiger partial charge in [-0.3, -0.25) is 4.99 Å². The summed E-state index contributed by atoms with van der Waals surface area (Å²) in [4.78, 5) is 8.71. The summed E-state index contributed by atoms with van der Waals surface area (Å²) in [5.74, 6) is 1.97. The number of ether oxygens (including phenoxy) is 1. The van der Waals surface area contributed by atoms with Crippen molar-refractivity contribution in [1.82, 2.24) is 20.2 Å². The van der Waals surface area contributed by atoms with Gasteiger partial charge in [0, 0.05) is 26.0 Å². The molecule has 166 valence electrons. The zero-order valence-corrected chi connectivity index (χ0v) is 20.1. The number of guanidine groups is 1. The van der Waals surface area contributed by atoms with E-state index in [0.29, 0.717) is 24.8 Å². The number of aliphatic imine (C=N–C) groups is 1. The van der Waals surface area contributed by atoms with Gasteiger partial charge in [-0.2, -0.15) is 0 Å². The molecule has 0 fully saturated rings. The molecule has 3 aromatic rings. The summed E-state index contributed by atoms with van der Waals surface area (Å²) in [5, 5.41) is 6.53. The zero-order valence-electron chi connectivity index (χ0n) is 17.8. The van der Waals surface area contributed by atoms with Gasteiger partial charge in [0.05, 0.1) is 13.1 Å². The SMILES string of the molecule is CN=C(NCc1nccn1CCc1ccccc1)NCC(C)Oc1ccc(F)cc1.I. The molecule has 6 nitrogen and oxygen atoms in total. The standard InChI is InChI=1S/C23H28FN5O.HI/c1-18(30-21-10-8-20(24)9-11-21)16-27-23(25-2)28-17-22-26-13-15-29(22)14-12-19-6-4-3-5-7-19;/h3-11,13,15,18H,12,14,16-17H2,1-2H3,(H2,25,27,28);1H. The van der Waals surface area contributed by atoms with E-state index in [-0.39, 0.29) is 35.9 Å². The van der Waals surface area contributed by atoms with E-state index in [9.17, 15) is 4.39 Å². The molecule has 0 spiro atoms. The van der Waals surface area contributed by atoms with Gasteiger partial charge in [-0.05, 0) is 43.2 Å². The van der Waals surface area contributed by atoms with E-state index in [1.165, 1.54) is 17.7 Å². The van der Waals surface area contributed by atoms with E-state index < -0.39 is 0 Å². The van der Waals surface area contributed by atoms with Gasteiger partial charge < -0.3 is 19.9 Å². The average molecular weight is 537 g/mol. The normalized spacial score (nSPS) is 12.0. The van der Waals surface area contributed by atoms with Crippen LogP contribution in [-0.2, 0) is 19.5 Å². The highest BCUT2D eigenvalue weighted by Crippen LogP contribution is 2.12. The van der Waals surface area contributed by atoms with Gasteiger partial charge in [0.15, 0.2) is 5.96 Å². The Kier molecular flexibility index (Phi) is 10.3. The Morgan fingerprint density at radius 1 is 1.13 bits per heavy atom. The lowest BCUT2D eigenvalue weighted by Gasteiger charge is -2.18. The van der Waals surface area contributed by atoms with Crippen molar-refractivity contribution < 1.29 is 9.13 Å². The van der Waals surface area contributed by atoms with Crippen molar-refractivity contribution in [3.63, 3.8) is 0 Å². The summed E-state index contributed by atoms with van der Waals surface area (Å²) < 4.78 is 20.9. The second-order valence-electron chi connectivity index (χ2n) is 6.96. The molecule has 1 aromatic heterocycles. The molecular formula is C23H29FIN5O. The lowest BCUT2D eigenvalue weighted by Crippen LogP contribution is -2.41. The number of aryl methyl sites for hydroxylation is 2. The molecule has 0 aliphatic carbocycles. The molecule has 0 saturated carbocycles. The van der Waals surface area contributed by atoms with Crippen LogP contribution in [0.3, 0.4) is 0 Å². The number of aromatic nitrogens is 2. The van der Waals surface area contributed by atoms with E-state index in [0.717, 1.165) is 18.8 Å². The van der Waals surface area contributed by atoms with Crippen molar-refractivity contribution in [1.29, 1.82) is 0 Å². The predicted molar refractivity (Wildman–Crippen MR) is 132 cm³/mol. The van der Waals surface area contributed by atoms with Gasteiger partial charge in [-0.15, -0.1) is 24.0 Å². The maximum Gasteiger partial charge on any atom is 0.191 e. The first kappa shape index (κ1) is 24.6. The summed E-state index contributed by atoms with van der Waals surface area (Å²) in [6.07, 6.45) is 4.66. The molecule has 1 heterocycles. The first-order valence-corrected chi connectivity index (χ1v) is 10.0. The quantitative estimate of drug-likeness (QED) is 0.246. The maximum absolute atomic E-state index is 13.0. The molecule has 8 heteroatoms. The highest BCUT2D eigenvalue weighted by atomic mass is 127. The number of imidazole rings is 1. The molecule has 2 N–H and O–H groups in total. The Labute approximate surface area is 200 Å². The van der Waals surface area contributed by atoms with Gasteiger partial charge in [-0.25, -0.2) is 9.37 Å². The molecule has 0 radical (unpaired) electrons. The molecule has 1 atom stereocenters. The first-order chi connectivity index (χ1) is 14.6. The minimum absolute atomic E-state index is 0. The molecule has 0 amide bonds.